The van der Waals surface area contributed by atoms with Crippen LogP contribution < -0.4 is 11.1 Å². The van der Waals surface area contributed by atoms with Gasteiger partial charge in [-0.1, -0.05) is 25.1 Å². The number of aryl methyl sites for hydroxylation is 1. The van der Waals surface area contributed by atoms with Gasteiger partial charge in [-0.05, 0) is 30.0 Å². The summed E-state index contributed by atoms with van der Waals surface area (Å²) in [5.74, 6) is 0.404. The minimum absolute atomic E-state index is 0.0607. The molecule has 1 atom stereocenters. The van der Waals surface area contributed by atoms with Crippen LogP contribution in [0.4, 0.5) is 5.69 Å². The molecule has 3 N–H and O–H groups in total. The Morgan fingerprint density at radius 1 is 1.38 bits per heavy atom. The van der Waals surface area contributed by atoms with Crippen molar-refractivity contribution in [2.75, 3.05) is 12.3 Å². The standard InChI is InChI=1S/C16H22N4O/c1-13(12-20-10-4-9-19-20)11-18-16(21)8-7-14-5-2-3-6-15(14)17/h2-6,9-10,13H,7-8,11-12,17H2,1H3,(H,18,21). The van der Waals surface area contributed by atoms with Crippen molar-refractivity contribution in [1.82, 2.24) is 15.1 Å². The van der Waals surface area contributed by atoms with E-state index in [1.54, 1.807) is 6.20 Å². The highest BCUT2D eigenvalue weighted by Crippen LogP contribution is 2.12. The summed E-state index contributed by atoms with van der Waals surface area (Å²) in [7, 11) is 0. The molecule has 1 unspecified atom stereocenters. The molecule has 0 aliphatic rings. The van der Waals surface area contributed by atoms with E-state index in [9.17, 15) is 4.79 Å². The number of benzene rings is 1. The number of para-hydroxylation sites is 1. The smallest absolute Gasteiger partial charge is 0.220 e. The van der Waals surface area contributed by atoms with E-state index < -0.39 is 0 Å². The third kappa shape index (κ3) is 4.95. The fraction of sp³-hybridized carbons (Fsp3) is 0.375. The summed E-state index contributed by atoms with van der Waals surface area (Å²) in [4.78, 5) is 11.9. The van der Waals surface area contributed by atoms with Crippen LogP contribution in [0.3, 0.4) is 0 Å². The molecular formula is C16H22N4O. The maximum Gasteiger partial charge on any atom is 0.220 e. The summed E-state index contributed by atoms with van der Waals surface area (Å²) in [5.41, 5.74) is 7.64. The lowest BCUT2D eigenvalue weighted by Gasteiger charge is -2.13. The molecule has 0 fully saturated rings. The first-order chi connectivity index (χ1) is 10.1. The van der Waals surface area contributed by atoms with Crippen molar-refractivity contribution < 1.29 is 4.79 Å². The van der Waals surface area contributed by atoms with Crippen molar-refractivity contribution in [2.24, 2.45) is 5.92 Å². The number of nitrogens with two attached hydrogens (primary N) is 1. The summed E-state index contributed by atoms with van der Waals surface area (Å²) in [6.45, 7) is 3.55. The van der Waals surface area contributed by atoms with Crippen LogP contribution in [0.25, 0.3) is 0 Å². The first-order valence-electron chi connectivity index (χ1n) is 7.22. The topological polar surface area (TPSA) is 72.9 Å². The maximum absolute atomic E-state index is 11.9. The van der Waals surface area contributed by atoms with E-state index in [0.717, 1.165) is 17.8 Å². The van der Waals surface area contributed by atoms with Crippen molar-refractivity contribution in [3.05, 3.63) is 48.3 Å². The second-order valence-electron chi connectivity index (χ2n) is 5.34. The van der Waals surface area contributed by atoms with Crippen molar-refractivity contribution in [1.29, 1.82) is 0 Å². The summed E-state index contributed by atoms with van der Waals surface area (Å²) >= 11 is 0. The Morgan fingerprint density at radius 3 is 2.90 bits per heavy atom. The van der Waals surface area contributed by atoms with Gasteiger partial charge in [0.15, 0.2) is 0 Å². The summed E-state index contributed by atoms with van der Waals surface area (Å²) in [6, 6.07) is 9.56. The van der Waals surface area contributed by atoms with Gasteiger partial charge >= 0.3 is 0 Å². The van der Waals surface area contributed by atoms with Gasteiger partial charge in [-0.15, -0.1) is 0 Å². The van der Waals surface area contributed by atoms with Gasteiger partial charge < -0.3 is 11.1 Å². The highest BCUT2D eigenvalue weighted by Gasteiger charge is 2.07. The van der Waals surface area contributed by atoms with E-state index >= 15 is 0 Å². The Labute approximate surface area is 125 Å². The number of rotatable bonds is 7. The molecule has 5 heteroatoms. The number of amides is 1. The van der Waals surface area contributed by atoms with E-state index in [0.29, 0.717) is 25.3 Å². The SMILES string of the molecule is CC(CNC(=O)CCc1ccccc1N)Cn1cccn1. The molecule has 1 aromatic heterocycles. The number of carbonyl (C=O) groups excluding carboxylic acids is 1. The third-order valence-electron chi connectivity index (χ3n) is 3.38. The van der Waals surface area contributed by atoms with Crippen LogP contribution in [0, 0.1) is 5.92 Å². The van der Waals surface area contributed by atoms with Crippen molar-refractivity contribution in [3.63, 3.8) is 0 Å². The van der Waals surface area contributed by atoms with E-state index in [2.05, 4.69) is 17.3 Å². The summed E-state index contributed by atoms with van der Waals surface area (Å²) < 4.78 is 1.88. The van der Waals surface area contributed by atoms with Crippen LogP contribution in [-0.4, -0.2) is 22.2 Å². The lowest BCUT2D eigenvalue weighted by molar-refractivity contribution is -0.121. The van der Waals surface area contributed by atoms with Crippen LogP contribution in [0.2, 0.25) is 0 Å². The van der Waals surface area contributed by atoms with Gasteiger partial charge in [-0.2, -0.15) is 5.10 Å². The monoisotopic (exact) mass is 286 g/mol. The number of hydrogen-bond donors (Lipinski definition) is 2. The molecule has 1 heterocycles. The predicted octanol–water partition coefficient (Wildman–Crippen LogP) is 1.85. The number of nitrogens with zero attached hydrogens (tertiary/aromatic N) is 2. The van der Waals surface area contributed by atoms with Crippen molar-refractivity contribution in [2.45, 2.75) is 26.3 Å². The first-order valence-corrected chi connectivity index (χ1v) is 7.22. The first kappa shape index (κ1) is 15.1. The fourth-order valence-corrected chi connectivity index (χ4v) is 2.18. The molecule has 112 valence electrons. The molecule has 0 aliphatic carbocycles. The molecule has 0 aliphatic heterocycles. The molecule has 2 rings (SSSR count). The Kier molecular flexibility index (Phi) is 5.37. The molecule has 5 nitrogen and oxygen atoms in total. The number of hydrogen-bond acceptors (Lipinski definition) is 3. The van der Waals surface area contributed by atoms with Crippen LogP contribution in [0.5, 0.6) is 0 Å². The minimum Gasteiger partial charge on any atom is -0.399 e. The van der Waals surface area contributed by atoms with Gasteiger partial charge in [-0.25, -0.2) is 0 Å². The van der Waals surface area contributed by atoms with Gasteiger partial charge in [0.2, 0.25) is 5.91 Å². The molecule has 0 spiro atoms. The Hall–Kier alpha value is -2.30. The summed E-state index contributed by atoms with van der Waals surface area (Å²) in [5, 5.41) is 7.12. The van der Waals surface area contributed by atoms with Gasteiger partial charge in [-0.3, -0.25) is 9.48 Å². The van der Waals surface area contributed by atoms with Crippen LogP contribution >= 0.6 is 0 Å². The third-order valence-corrected chi connectivity index (χ3v) is 3.38. The molecule has 1 aromatic carbocycles. The average molecular weight is 286 g/mol. The largest absolute Gasteiger partial charge is 0.399 e. The minimum atomic E-state index is 0.0607. The number of nitrogen functional groups attached to an aromatic ring is 1. The second-order valence-corrected chi connectivity index (χ2v) is 5.34. The highest BCUT2D eigenvalue weighted by atomic mass is 16.1. The van der Waals surface area contributed by atoms with Crippen LogP contribution in [0.1, 0.15) is 18.9 Å². The molecule has 0 radical (unpaired) electrons. The predicted molar refractivity (Wildman–Crippen MR) is 83.6 cm³/mol. The molecule has 21 heavy (non-hydrogen) atoms. The number of aromatic nitrogens is 2. The Morgan fingerprint density at radius 2 is 2.19 bits per heavy atom. The van der Waals surface area contributed by atoms with Crippen molar-refractivity contribution >= 4 is 11.6 Å². The number of anilines is 1. The molecular weight excluding hydrogens is 264 g/mol. The zero-order valence-electron chi connectivity index (χ0n) is 12.3. The zero-order valence-corrected chi connectivity index (χ0v) is 12.3. The van der Waals surface area contributed by atoms with E-state index in [-0.39, 0.29) is 5.91 Å². The van der Waals surface area contributed by atoms with Crippen LogP contribution in [0.15, 0.2) is 42.7 Å². The number of nitrogens with one attached hydrogen (secondary N) is 1. The zero-order chi connectivity index (χ0) is 15.1. The van der Waals surface area contributed by atoms with E-state index in [1.165, 1.54) is 0 Å². The molecule has 0 saturated heterocycles. The maximum atomic E-state index is 11.9. The van der Waals surface area contributed by atoms with Crippen molar-refractivity contribution in [3.8, 4) is 0 Å². The Bertz CT molecular complexity index is 565. The molecule has 0 saturated carbocycles. The van der Waals surface area contributed by atoms with E-state index in [4.69, 9.17) is 5.73 Å². The van der Waals surface area contributed by atoms with Gasteiger partial charge in [0, 0.05) is 37.6 Å². The van der Waals surface area contributed by atoms with Gasteiger partial charge in [0.1, 0.15) is 0 Å². The van der Waals surface area contributed by atoms with Crippen LogP contribution in [-0.2, 0) is 17.8 Å². The second kappa shape index (κ2) is 7.47. The molecule has 1 amide bonds. The lowest BCUT2D eigenvalue weighted by atomic mass is 10.1. The normalized spacial score (nSPS) is 12.0. The quantitative estimate of drug-likeness (QED) is 0.763. The fourth-order valence-electron chi connectivity index (χ4n) is 2.18. The number of carbonyl (C=O) groups is 1. The summed E-state index contributed by atoms with van der Waals surface area (Å²) in [6.07, 6.45) is 4.82. The van der Waals surface area contributed by atoms with E-state index in [1.807, 2.05) is 41.2 Å². The molecule has 0 bridgehead atoms. The molecule has 2 aromatic rings. The van der Waals surface area contributed by atoms with Gasteiger partial charge in [0.05, 0.1) is 0 Å². The highest BCUT2D eigenvalue weighted by molar-refractivity contribution is 5.76. The lowest BCUT2D eigenvalue weighted by Crippen LogP contribution is -2.30. The van der Waals surface area contributed by atoms with Gasteiger partial charge in [0.25, 0.3) is 0 Å². The average Bonchev–Trinajstić information content (AvgIpc) is 2.97. The Balaban J connectivity index is 1.69.